The standard InChI is InChI=1S/C13H17BrN2O3S/c1-8-4-16(6-10(8)12(17)18)13(19)15(2)5-9-3-11(14)20-7-9/h3,7-8,10H,4-6H2,1-2H3,(H,17,18)/t8-,10-/m1/s1. The van der Waals surface area contributed by atoms with Crippen molar-refractivity contribution in [1.29, 1.82) is 0 Å². The third-order valence-electron chi connectivity index (χ3n) is 3.57. The zero-order valence-corrected chi connectivity index (χ0v) is 13.8. The highest BCUT2D eigenvalue weighted by Crippen LogP contribution is 2.25. The van der Waals surface area contributed by atoms with Crippen molar-refractivity contribution in [2.24, 2.45) is 11.8 Å². The molecule has 0 bridgehead atoms. The van der Waals surface area contributed by atoms with Crippen LogP contribution in [0.15, 0.2) is 15.2 Å². The summed E-state index contributed by atoms with van der Waals surface area (Å²) in [6.07, 6.45) is 0. The molecule has 2 amide bonds. The lowest BCUT2D eigenvalue weighted by Crippen LogP contribution is -2.39. The van der Waals surface area contributed by atoms with Gasteiger partial charge in [0.25, 0.3) is 0 Å². The number of carboxylic acids is 1. The van der Waals surface area contributed by atoms with Crippen LogP contribution < -0.4 is 0 Å². The van der Waals surface area contributed by atoms with Crippen molar-refractivity contribution in [3.8, 4) is 0 Å². The Morgan fingerprint density at radius 3 is 2.75 bits per heavy atom. The smallest absolute Gasteiger partial charge is 0.320 e. The summed E-state index contributed by atoms with van der Waals surface area (Å²) in [5.74, 6) is -1.28. The number of urea groups is 1. The molecule has 2 heterocycles. The van der Waals surface area contributed by atoms with Crippen LogP contribution in [-0.4, -0.2) is 47.0 Å². The molecule has 1 aromatic heterocycles. The van der Waals surface area contributed by atoms with Crippen LogP contribution >= 0.6 is 27.3 Å². The molecule has 0 unspecified atom stereocenters. The number of carbonyl (C=O) groups excluding carboxylic acids is 1. The number of carbonyl (C=O) groups is 2. The maximum absolute atomic E-state index is 12.3. The lowest BCUT2D eigenvalue weighted by atomic mass is 9.99. The largest absolute Gasteiger partial charge is 0.481 e. The highest BCUT2D eigenvalue weighted by Gasteiger charge is 2.37. The van der Waals surface area contributed by atoms with Crippen molar-refractivity contribution in [2.45, 2.75) is 13.5 Å². The zero-order valence-electron chi connectivity index (χ0n) is 11.4. The quantitative estimate of drug-likeness (QED) is 0.901. The number of rotatable bonds is 3. The Morgan fingerprint density at radius 2 is 2.25 bits per heavy atom. The van der Waals surface area contributed by atoms with Gasteiger partial charge in [0.15, 0.2) is 0 Å². The van der Waals surface area contributed by atoms with E-state index in [1.807, 2.05) is 18.4 Å². The molecule has 0 saturated carbocycles. The van der Waals surface area contributed by atoms with Gasteiger partial charge in [-0.2, -0.15) is 0 Å². The average molecular weight is 361 g/mol. The fourth-order valence-corrected chi connectivity index (χ4v) is 3.66. The molecule has 0 spiro atoms. The first kappa shape index (κ1) is 15.3. The second kappa shape index (κ2) is 6.13. The third-order valence-corrected chi connectivity index (χ3v) is 5.12. The molecule has 1 aliphatic heterocycles. The molecule has 110 valence electrons. The van der Waals surface area contributed by atoms with Crippen LogP contribution in [0.5, 0.6) is 0 Å². The van der Waals surface area contributed by atoms with Crippen molar-refractivity contribution in [3.05, 3.63) is 20.8 Å². The number of likely N-dealkylation sites (tertiary alicyclic amines) is 1. The third kappa shape index (κ3) is 3.32. The molecule has 20 heavy (non-hydrogen) atoms. The number of hydrogen-bond acceptors (Lipinski definition) is 3. The number of amides is 2. The van der Waals surface area contributed by atoms with Gasteiger partial charge < -0.3 is 14.9 Å². The van der Waals surface area contributed by atoms with Crippen LogP contribution in [0.25, 0.3) is 0 Å². The van der Waals surface area contributed by atoms with Gasteiger partial charge in [-0.15, -0.1) is 11.3 Å². The summed E-state index contributed by atoms with van der Waals surface area (Å²) in [6, 6.07) is 1.88. The predicted molar refractivity (Wildman–Crippen MR) is 80.7 cm³/mol. The van der Waals surface area contributed by atoms with Crippen molar-refractivity contribution in [2.75, 3.05) is 20.1 Å². The molecular weight excluding hydrogens is 344 g/mol. The van der Waals surface area contributed by atoms with Crippen molar-refractivity contribution in [1.82, 2.24) is 9.80 Å². The molecule has 0 radical (unpaired) electrons. The molecule has 7 heteroatoms. The Balaban J connectivity index is 1.96. The summed E-state index contributed by atoms with van der Waals surface area (Å²) in [6.45, 7) is 3.21. The van der Waals surface area contributed by atoms with Gasteiger partial charge in [-0.05, 0) is 38.9 Å². The number of thiophene rings is 1. The maximum Gasteiger partial charge on any atom is 0.320 e. The number of nitrogens with zero attached hydrogens (tertiary/aromatic N) is 2. The first-order valence-corrected chi connectivity index (χ1v) is 8.01. The van der Waals surface area contributed by atoms with Gasteiger partial charge in [-0.1, -0.05) is 6.92 Å². The minimum absolute atomic E-state index is 0.000131. The zero-order chi connectivity index (χ0) is 14.9. The monoisotopic (exact) mass is 360 g/mol. The number of carboxylic acid groups (broad SMARTS) is 1. The van der Waals surface area contributed by atoms with Gasteiger partial charge in [0.2, 0.25) is 0 Å². The van der Waals surface area contributed by atoms with Crippen molar-refractivity contribution >= 4 is 39.3 Å². The van der Waals surface area contributed by atoms with Crippen LogP contribution in [0.4, 0.5) is 4.79 Å². The predicted octanol–water partition coefficient (Wildman–Crippen LogP) is 2.71. The lowest BCUT2D eigenvalue weighted by molar-refractivity contribution is -0.142. The normalized spacial score (nSPS) is 22.1. The van der Waals surface area contributed by atoms with Crippen molar-refractivity contribution < 1.29 is 14.7 Å². The van der Waals surface area contributed by atoms with E-state index in [0.29, 0.717) is 19.6 Å². The van der Waals surface area contributed by atoms with Gasteiger partial charge in [0.05, 0.1) is 9.70 Å². The van der Waals surface area contributed by atoms with Gasteiger partial charge in [0.1, 0.15) is 0 Å². The Morgan fingerprint density at radius 1 is 1.55 bits per heavy atom. The van der Waals surface area contributed by atoms with Gasteiger partial charge in [-0.25, -0.2) is 4.79 Å². The van der Waals surface area contributed by atoms with E-state index in [4.69, 9.17) is 5.11 Å². The van der Waals surface area contributed by atoms with E-state index < -0.39 is 11.9 Å². The van der Waals surface area contributed by atoms with Crippen LogP contribution in [0, 0.1) is 11.8 Å². The van der Waals surface area contributed by atoms with Crippen LogP contribution in [-0.2, 0) is 11.3 Å². The lowest BCUT2D eigenvalue weighted by Gasteiger charge is -2.24. The minimum Gasteiger partial charge on any atom is -0.481 e. The van der Waals surface area contributed by atoms with E-state index in [2.05, 4.69) is 15.9 Å². The summed E-state index contributed by atoms with van der Waals surface area (Å²) in [5, 5.41) is 11.1. The fraction of sp³-hybridized carbons (Fsp3) is 0.538. The molecule has 1 aromatic rings. The average Bonchev–Trinajstić information content (AvgIpc) is 2.94. The molecule has 0 aliphatic carbocycles. The summed E-state index contributed by atoms with van der Waals surface area (Å²) < 4.78 is 1.04. The molecule has 1 fully saturated rings. The first-order chi connectivity index (χ1) is 9.38. The SMILES string of the molecule is C[C@@H]1CN(C(=O)N(C)Cc2csc(Br)c2)C[C@H]1C(=O)O. The Hall–Kier alpha value is -1.08. The summed E-state index contributed by atoms with van der Waals surface area (Å²) in [4.78, 5) is 26.7. The molecule has 1 saturated heterocycles. The second-order valence-electron chi connectivity index (χ2n) is 5.22. The van der Waals surface area contributed by atoms with Crippen molar-refractivity contribution in [3.63, 3.8) is 0 Å². The van der Waals surface area contributed by atoms with E-state index in [-0.39, 0.29) is 11.9 Å². The van der Waals surface area contributed by atoms with E-state index in [1.165, 1.54) is 0 Å². The molecule has 1 aliphatic rings. The highest BCUT2D eigenvalue weighted by molar-refractivity contribution is 9.11. The Kier molecular flexibility index (Phi) is 4.70. The molecular formula is C13H17BrN2O3S. The van der Waals surface area contributed by atoms with Gasteiger partial charge >= 0.3 is 12.0 Å². The molecule has 0 aromatic carbocycles. The number of aliphatic carboxylic acids is 1. The number of hydrogen-bond donors (Lipinski definition) is 1. The van der Waals surface area contributed by atoms with E-state index in [0.717, 1.165) is 9.35 Å². The van der Waals surface area contributed by atoms with Gasteiger partial charge in [-0.3, -0.25) is 4.79 Å². The Bertz CT molecular complexity index is 519. The molecule has 2 atom stereocenters. The number of halogens is 1. The highest BCUT2D eigenvalue weighted by atomic mass is 79.9. The van der Waals surface area contributed by atoms with Crippen LogP contribution in [0.2, 0.25) is 0 Å². The second-order valence-corrected chi connectivity index (χ2v) is 7.52. The molecule has 2 rings (SSSR count). The van der Waals surface area contributed by atoms with Gasteiger partial charge in [0, 0.05) is 26.7 Å². The van der Waals surface area contributed by atoms with E-state index in [1.54, 1.807) is 28.2 Å². The van der Waals surface area contributed by atoms with E-state index >= 15 is 0 Å². The molecule has 1 N–H and O–H groups in total. The summed E-state index contributed by atoms with van der Waals surface area (Å²) >= 11 is 4.98. The first-order valence-electron chi connectivity index (χ1n) is 6.34. The summed E-state index contributed by atoms with van der Waals surface area (Å²) in [7, 11) is 1.74. The topological polar surface area (TPSA) is 60.9 Å². The summed E-state index contributed by atoms with van der Waals surface area (Å²) in [5.41, 5.74) is 1.07. The van der Waals surface area contributed by atoms with Crippen LogP contribution in [0.1, 0.15) is 12.5 Å². The minimum atomic E-state index is -0.822. The maximum atomic E-state index is 12.3. The van der Waals surface area contributed by atoms with Crippen LogP contribution in [0.3, 0.4) is 0 Å². The Labute approximate surface area is 130 Å². The molecule has 5 nitrogen and oxygen atoms in total. The van der Waals surface area contributed by atoms with E-state index in [9.17, 15) is 9.59 Å². The fourth-order valence-electron chi connectivity index (χ4n) is 2.46.